The number of anilines is 3. The monoisotopic (exact) mass is 702 g/mol. The Morgan fingerprint density at radius 2 is 1.09 bits per heavy atom. The van der Waals surface area contributed by atoms with Gasteiger partial charge < -0.3 is 13.9 Å². The molecule has 0 aliphatic rings. The second-order valence-corrected chi connectivity index (χ2v) is 14.1. The van der Waals surface area contributed by atoms with Gasteiger partial charge in [0, 0.05) is 44.2 Å². The van der Waals surface area contributed by atoms with Crippen LogP contribution in [0.15, 0.2) is 211 Å². The number of aromatic nitrogens is 1. The molecule has 0 aliphatic heterocycles. The van der Waals surface area contributed by atoms with Crippen LogP contribution in [0.5, 0.6) is 0 Å². The van der Waals surface area contributed by atoms with Gasteiger partial charge in [0.05, 0.1) is 16.7 Å². The van der Waals surface area contributed by atoms with Crippen LogP contribution in [0.25, 0.3) is 82.5 Å². The molecule has 9 aromatic carbocycles. The van der Waals surface area contributed by atoms with E-state index in [1.165, 1.54) is 49.3 Å². The zero-order valence-corrected chi connectivity index (χ0v) is 29.9. The summed E-state index contributed by atoms with van der Waals surface area (Å²) in [5, 5.41) is 7.16. The van der Waals surface area contributed by atoms with E-state index in [1.54, 1.807) is 0 Å². The SMILES string of the molecule is c1ccc(-n2c3ccccc3c3cccc(-c4cccc(N(c5ccc(-c6ccc7ccccc7c6)cc5)c5cccc6c5oc5ccccc56)c4)c32)cc1. The van der Waals surface area contributed by atoms with E-state index < -0.39 is 0 Å². The molecule has 3 nitrogen and oxygen atoms in total. The molecule has 0 unspecified atom stereocenters. The Morgan fingerprint density at radius 3 is 1.98 bits per heavy atom. The number of para-hydroxylation sites is 5. The predicted molar refractivity (Wildman–Crippen MR) is 231 cm³/mol. The summed E-state index contributed by atoms with van der Waals surface area (Å²) in [7, 11) is 0. The van der Waals surface area contributed by atoms with Gasteiger partial charge in [0.1, 0.15) is 5.58 Å². The predicted octanol–water partition coefficient (Wildman–Crippen LogP) is 14.6. The van der Waals surface area contributed by atoms with Crippen LogP contribution in [-0.4, -0.2) is 4.57 Å². The molecule has 0 bridgehead atoms. The Kier molecular flexibility index (Phi) is 7.17. The molecule has 55 heavy (non-hydrogen) atoms. The molecule has 0 saturated heterocycles. The van der Waals surface area contributed by atoms with Crippen LogP contribution in [-0.2, 0) is 0 Å². The quantitative estimate of drug-likeness (QED) is 0.172. The van der Waals surface area contributed by atoms with Gasteiger partial charge in [0.25, 0.3) is 0 Å². The van der Waals surface area contributed by atoms with Gasteiger partial charge in [0.15, 0.2) is 5.58 Å². The van der Waals surface area contributed by atoms with Crippen LogP contribution in [0, 0.1) is 0 Å². The highest BCUT2D eigenvalue weighted by Gasteiger charge is 2.21. The highest BCUT2D eigenvalue weighted by Crippen LogP contribution is 2.44. The van der Waals surface area contributed by atoms with Crippen LogP contribution in [0.4, 0.5) is 17.1 Å². The Balaban J connectivity index is 1.11. The lowest BCUT2D eigenvalue weighted by molar-refractivity contribution is 0.669. The average Bonchev–Trinajstić information content (AvgIpc) is 3.81. The Hall–Kier alpha value is -7.36. The van der Waals surface area contributed by atoms with E-state index in [0.29, 0.717) is 0 Å². The first-order chi connectivity index (χ1) is 27.3. The minimum atomic E-state index is 0.860. The van der Waals surface area contributed by atoms with Gasteiger partial charge in [-0.1, -0.05) is 146 Å². The van der Waals surface area contributed by atoms with Crippen molar-refractivity contribution >= 4 is 71.6 Å². The van der Waals surface area contributed by atoms with Gasteiger partial charge in [0.2, 0.25) is 0 Å². The van der Waals surface area contributed by atoms with Crippen molar-refractivity contribution in [2.24, 2.45) is 0 Å². The molecule has 0 amide bonds. The smallest absolute Gasteiger partial charge is 0.159 e. The third-order valence-electron chi connectivity index (χ3n) is 11.0. The van der Waals surface area contributed by atoms with Crippen molar-refractivity contribution in [1.82, 2.24) is 4.57 Å². The lowest BCUT2D eigenvalue weighted by Crippen LogP contribution is -2.10. The summed E-state index contributed by atoms with van der Waals surface area (Å²) in [6.07, 6.45) is 0. The lowest BCUT2D eigenvalue weighted by atomic mass is 9.99. The number of hydrogen-bond acceptors (Lipinski definition) is 2. The summed E-state index contributed by atoms with van der Waals surface area (Å²) in [5.74, 6) is 0. The normalized spacial score (nSPS) is 11.6. The number of fused-ring (bicyclic) bond motifs is 7. The van der Waals surface area contributed by atoms with Crippen molar-refractivity contribution in [2.45, 2.75) is 0 Å². The average molecular weight is 703 g/mol. The Labute approximate surface area is 318 Å². The van der Waals surface area contributed by atoms with Gasteiger partial charge in [-0.2, -0.15) is 0 Å². The fourth-order valence-corrected chi connectivity index (χ4v) is 8.42. The fraction of sp³-hybridized carbons (Fsp3) is 0. The van der Waals surface area contributed by atoms with E-state index in [-0.39, 0.29) is 0 Å². The van der Waals surface area contributed by atoms with Crippen molar-refractivity contribution in [3.8, 4) is 27.9 Å². The van der Waals surface area contributed by atoms with Crippen LogP contribution < -0.4 is 4.90 Å². The Bertz CT molecular complexity index is 3210. The van der Waals surface area contributed by atoms with Crippen molar-refractivity contribution < 1.29 is 4.42 Å². The summed E-state index contributed by atoms with van der Waals surface area (Å²) in [6, 6.07) is 73.9. The lowest BCUT2D eigenvalue weighted by Gasteiger charge is -2.26. The maximum Gasteiger partial charge on any atom is 0.159 e. The van der Waals surface area contributed by atoms with E-state index in [9.17, 15) is 0 Å². The maximum atomic E-state index is 6.67. The van der Waals surface area contributed by atoms with Crippen molar-refractivity contribution in [2.75, 3.05) is 4.90 Å². The first kappa shape index (κ1) is 31.2. The van der Waals surface area contributed by atoms with Gasteiger partial charge in [-0.05, 0) is 88.1 Å². The number of benzene rings is 9. The number of rotatable bonds is 6. The summed E-state index contributed by atoms with van der Waals surface area (Å²) in [5.41, 5.74) is 13.0. The molecule has 2 heterocycles. The number of hydrogen-bond donors (Lipinski definition) is 0. The summed E-state index contributed by atoms with van der Waals surface area (Å²) < 4.78 is 9.08. The van der Waals surface area contributed by atoms with Crippen LogP contribution in [0.3, 0.4) is 0 Å². The molecule has 11 rings (SSSR count). The molecule has 0 atom stereocenters. The molecule has 3 heteroatoms. The third-order valence-corrected chi connectivity index (χ3v) is 11.0. The van der Waals surface area contributed by atoms with Crippen LogP contribution in [0.1, 0.15) is 0 Å². The first-order valence-corrected chi connectivity index (χ1v) is 18.8. The maximum absolute atomic E-state index is 6.67. The highest BCUT2D eigenvalue weighted by atomic mass is 16.3. The first-order valence-electron chi connectivity index (χ1n) is 18.8. The molecular weight excluding hydrogens is 669 g/mol. The van der Waals surface area contributed by atoms with E-state index >= 15 is 0 Å². The number of furan rings is 1. The molecule has 0 aliphatic carbocycles. The molecule has 0 spiro atoms. The molecule has 0 fully saturated rings. The number of nitrogens with zero attached hydrogens (tertiary/aromatic N) is 2. The van der Waals surface area contributed by atoms with E-state index in [4.69, 9.17) is 4.42 Å². The third kappa shape index (κ3) is 5.13. The molecule has 258 valence electrons. The van der Waals surface area contributed by atoms with Crippen LogP contribution >= 0.6 is 0 Å². The summed E-state index contributed by atoms with van der Waals surface area (Å²) in [4.78, 5) is 2.34. The molecule has 11 aromatic rings. The van der Waals surface area contributed by atoms with E-state index in [1.807, 2.05) is 6.07 Å². The minimum absolute atomic E-state index is 0.860. The Morgan fingerprint density at radius 1 is 0.400 bits per heavy atom. The van der Waals surface area contributed by atoms with Gasteiger partial charge >= 0.3 is 0 Å². The molecule has 0 radical (unpaired) electrons. The molecule has 0 N–H and O–H groups in total. The molecular formula is C52H34N2O. The zero-order chi connectivity index (χ0) is 36.3. The summed E-state index contributed by atoms with van der Waals surface area (Å²) >= 11 is 0. The largest absolute Gasteiger partial charge is 0.454 e. The topological polar surface area (TPSA) is 21.3 Å². The van der Waals surface area contributed by atoms with Crippen LogP contribution in [0.2, 0.25) is 0 Å². The van der Waals surface area contributed by atoms with Gasteiger partial charge in [-0.25, -0.2) is 0 Å². The van der Waals surface area contributed by atoms with Gasteiger partial charge in [-0.3, -0.25) is 0 Å². The second-order valence-electron chi connectivity index (χ2n) is 14.1. The minimum Gasteiger partial charge on any atom is -0.454 e. The van der Waals surface area contributed by atoms with E-state index in [2.05, 4.69) is 210 Å². The fourth-order valence-electron chi connectivity index (χ4n) is 8.42. The van der Waals surface area contributed by atoms with E-state index in [0.717, 1.165) is 50.3 Å². The van der Waals surface area contributed by atoms with Crippen molar-refractivity contribution in [3.05, 3.63) is 206 Å². The van der Waals surface area contributed by atoms with Gasteiger partial charge in [-0.15, -0.1) is 0 Å². The summed E-state index contributed by atoms with van der Waals surface area (Å²) in [6.45, 7) is 0. The van der Waals surface area contributed by atoms with Crippen molar-refractivity contribution in [1.29, 1.82) is 0 Å². The zero-order valence-electron chi connectivity index (χ0n) is 29.9. The molecule has 2 aromatic heterocycles. The highest BCUT2D eigenvalue weighted by molar-refractivity contribution is 6.14. The standard InChI is InChI=1S/C52H34N2O/c1-2-16-40(17-3-1)54-48-24-8-6-19-44(48)46-22-11-21-43(51(46)54)39-15-10-18-42(34-39)53(49-25-12-23-47-45-20-7-9-26-50(45)55-52(47)49)41-31-29-36(30-32-41)38-28-27-35-13-4-5-14-37(35)33-38/h1-34H. The molecule has 0 saturated carbocycles. The van der Waals surface area contributed by atoms with Crippen molar-refractivity contribution in [3.63, 3.8) is 0 Å². The second kappa shape index (κ2) is 12.6.